The minimum Gasteiger partial charge on any atom is -0.430 e. The van der Waals surface area contributed by atoms with Crippen molar-refractivity contribution in [1.29, 1.82) is 0 Å². The molecule has 0 bridgehead atoms. The summed E-state index contributed by atoms with van der Waals surface area (Å²) < 4.78 is 111. The van der Waals surface area contributed by atoms with Crippen LogP contribution >= 0.6 is 0 Å². The number of hydrogen-bond donors (Lipinski definition) is 0. The molecule has 1 atom stereocenters. The Kier molecular flexibility index (Phi) is 3.87. The molecule has 1 aliphatic rings. The van der Waals surface area contributed by atoms with Gasteiger partial charge in [-0.15, -0.1) is 0 Å². The Bertz CT molecular complexity index is 389. The highest BCUT2D eigenvalue weighted by Gasteiger charge is 2.79. The number of cyclic esters (lactones) is 2. The largest absolute Gasteiger partial charge is 0.508 e. The van der Waals surface area contributed by atoms with Gasteiger partial charge in [0.15, 0.2) is 0 Å². The van der Waals surface area contributed by atoms with Gasteiger partial charge in [0.05, 0.1) is 6.42 Å². The smallest absolute Gasteiger partial charge is 0.430 e. The van der Waals surface area contributed by atoms with Crippen molar-refractivity contribution in [2.75, 3.05) is 6.61 Å². The molecule has 0 aromatic rings. The molecule has 1 rings (SSSR count). The lowest BCUT2D eigenvalue weighted by molar-refractivity contribution is -0.364. The van der Waals surface area contributed by atoms with Crippen LogP contribution in [-0.4, -0.2) is 42.6 Å². The van der Waals surface area contributed by atoms with Crippen molar-refractivity contribution in [1.82, 2.24) is 0 Å². The Labute approximate surface area is 106 Å². The molecule has 0 amide bonds. The van der Waals surface area contributed by atoms with Gasteiger partial charge in [0, 0.05) is 6.92 Å². The molecule has 0 aromatic heterocycles. The first kappa shape index (κ1) is 16.8. The molecule has 0 N–H and O–H groups in total. The van der Waals surface area contributed by atoms with Crippen LogP contribution in [0.1, 0.15) is 13.3 Å². The first-order valence-electron chi connectivity index (χ1n) is 5.07. The molecule has 20 heavy (non-hydrogen) atoms. The third kappa shape index (κ3) is 2.62. The first-order chi connectivity index (χ1) is 8.72. The number of carbonyl (C=O) groups excluding carboxylic acids is 1. The standard InChI is InChI=1S/C9H8F8O3/c1-6(10,11)8(14,15)9(16,17)7(12,13)2-4-3-19-5(18)20-4/h4H,2-3H2,1H3. The van der Waals surface area contributed by atoms with E-state index in [0.29, 0.717) is 0 Å². The summed E-state index contributed by atoms with van der Waals surface area (Å²) in [6.07, 6.45) is -5.44. The molecule has 1 saturated heterocycles. The van der Waals surface area contributed by atoms with Crippen LogP contribution in [-0.2, 0) is 9.47 Å². The van der Waals surface area contributed by atoms with Gasteiger partial charge in [0.1, 0.15) is 12.7 Å². The van der Waals surface area contributed by atoms with Gasteiger partial charge in [-0.1, -0.05) is 0 Å². The van der Waals surface area contributed by atoms with E-state index in [-0.39, 0.29) is 0 Å². The molecule has 1 aliphatic heterocycles. The number of rotatable bonds is 5. The highest BCUT2D eigenvalue weighted by atomic mass is 19.4. The number of hydrogen-bond acceptors (Lipinski definition) is 3. The van der Waals surface area contributed by atoms with E-state index in [9.17, 15) is 39.9 Å². The van der Waals surface area contributed by atoms with Crippen molar-refractivity contribution >= 4 is 6.16 Å². The highest BCUT2D eigenvalue weighted by Crippen LogP contribution is 2.53. The van der Waals surface area contributed by atoms with Gasteiger partial charge in [-0.05, 0) is 0 Å². The van der Waals surface area contributed by atoms with Gasteiger partial charge in [-0.3, -0.25) is 0 Å². The van der Waals surface area contributed by atoms with Gasteiger partial charge < -0.3 is 9.47 Å². The number of carbonyl (C=O) groups is 1. The predicted octanol–water partition coefficient (Wildman–Crippen LogP) is 3.47. The van der Waals surface area contributed by atoms with E-state index in [1.165, 1.54) is 0 Å². The monoisotopic (exact) mass is 316 g/mol. The summed E-state index contributed by atoms with van der Waals surface area (Å²) in [6, 6.07) is 0. The number of ether oxygens (including phenoxy) is 2. The molecule has 1 fully saturated rings. The van der Waals surface area contributed by atoms with Gasteiger partial charge in [-0.2, -0.15) is 35.1 Å². The van der Waals surface area contributed by atoms with Crippen molar-refractivity contribution in [2.45, 2.75) is 43.1 Å². The summed E-state index contributed by atoms with van der Waals surface area (Å²) in [5, 5.41) is 0. The minimum absolute atomic E-state index is 0.601. The second kappa shape index (κ2) is 4.62. The maximum absolute atomic E-state index is 13.2. The molecule has 1 unspecified atom stereocenters. The van der Waals surface area contributed by atoms with Crippen LogP contribution in [0, 0.1) is 0 Å². The van der Waals surface area contributed by atoms with Crippen LogP contribution in [0.3, 0.4) is 0 Å². The van der Waals surface area contributed by atoms with E-state index in [1.807, 2.05) is 0 Å². The fourth-order valence-corrected chi connectivity index (χ4v) is 1.39. The topological polar surface area (TPSA) is 35.5 Å². The average molecular weight is 316 g/mol. The van der Waals surface area contributed by atoms with E-state index in [4.69, 9.17) is 0 Å². The Hall–Kier alpha value is -1.29. The van der Waals surface area contributed by atoms with Crippen LogP contribution in [0.5, 0.6) is 0 Å². The van der Waals surface area contributed by atoms with Crippen LogP contribution in [0.2, 0.25) is 0 Å². The third-order valence-electron chi connectivity index (χ3n) is 2.54. The van der Waals surface area contributed by atoms with Crippen molar-refractivity contribution in [3.8, 4) is 0 Å². The van der Waals surface area contributed by atoms with Crippen molar-refractivity contribution in [2.24, 2.45) is 0 Å². The highest BCUT2D eigenvalue weighted by molar-refractivity contribution is 5.61. The molecule has 0 saturated carbocycles. The van der Waals surface area contributed by atoms with Crippen molar-refractivity contribution in [3.05, 3.63) is 0 Å². The summed E-state index contributed by atoms with van der Waals surface area (Å²) in [7, 11) is 0. The lowest BCUT2D eigenvalue weighted by Gasteiger charge is -2.35. The molecule has 3 nitrogen and oxygen atoms in total. The van der Waals surface area contributed by atoms with Crippen molar-refractivity contribution < 1.29 is 49.4 Å². The lowest BCUT2D eigenvalue weighted by atomic mass is 9.95. The number of alkyl halides is 8. The normalized spacial score (nSPS) is 21.6. The summed E-state index contributed by atoms with van der Waals surface area (Å²) in [5.41, 5.74) is 0. The molecule has 0 radical (unpaired) electrons. The maximum Gasteiger partial charge on any atom is 0.508 e. The summed E-state index contributed by atoms with van der Waals surface area (Å²) >= 11 is 0. The van der Waals surface area contributed by atoms with E-state index in [2.05, 4.69) is 9.47 Å². The Morgan fingerprint density at radius 1 is 1.05 bits per heavy atom. The van der Waals surface area contributed by atoms with Gasteiger partial charge >= 0.3 is 29.8 Å². The van der Waals surface area contributed by atoms with E-state index in [0.717, 1.165) is 0 Å². The van der Waals surface area contributed by atoms with Crippen LogP contribution < -0.4 is 0 Å². The molecule has 0 aliphatic carbocycles. The predicted molar refractivity (Wildman–Crippen MR) is 46.3 cm³/mol. The van der Waals surface area contributed by atoms with Crippen LogP contribution in [0.4, 0.5) is 39.9 Å². The second-order valence-corrected chi connectivity index (χ2v) is 4.25. The quantitative estimate of drug-likeness (QED) is 0.575. The Balaban J connectivity index is 2.97. The molecule has 1 heterocycles. The SMILES string of the molecule is CC(F)(F)C(F)(F)C(F)(F)C(F)(F)CC1COC(=O)O1. The number of halogens is 8. The Morgan fingerprint density at radius 3 is 1.90 bits per heavy atom. The summed E-state index contributed by atoms with van der Waals surface area (Å²) in [5.74, 6) is -23.5. The van der Waals surface area contributed by atoms with Gasteiger partial charge in [-0.25, -0.2) is 4.79 Å². The van der Waals surface area contributed by atoms with Crippen LogP contribution in [0.25, 0.3) is 0 Å². The average Bonchev–Trinajstić information content (AvgIpc) is 2.60. The lowest BCUT2D eigenvalue weighted by Crippen LogP contribution is -2.61. The fourth-order valence-electron chi connectivity index (χ4n) is 1.39. The summed E-state index contributed by atoms with van der Waals surface area (Å²) in [6.45, 7) is -1.46. The molecule has 0 aromatic carbocycles. The summed E-state index contributed by atoms with van der Waals surface area (Å²) in [4.78, 5) is 10.4. The zero-order valence-electron chi connectivity index (χ0n) is 9.74. The third-order valence-corrected chi connectivity index (χ3v) is 2.54. The fraction of sp³-hybridized carbons (Fsp3) is 0.889. The maximum atomic E-state index is 13.2. The minimum atomic E-state index is -6.34. The van der Waals surface area contributed by atoms with E-state index < -0.39 is 55.9 Å². The molecule has 11 heteroatoms. The van der Waals surface area contributed by atoms with Crippen LogP contribution in [0.15, 0.2) is 0 Å². The van der Waals surface area contributed by atoms with Crippen molar-refractivity contribution in [3.63, 3.8) is 0 Å². The Morgan fingerprint density at radius 2 is 1.55 bits per heavy atom. The molecule has 0 spiro atoms. The zero-order chi connectivity index (χ0) is 16.0. The molecule has 118 valence electrons. The van der Waals surface area contributed by atoms with Gasteiger partial charge in [0.25, 0.3) is 0 Å². The molecular weight excluding hydrogens is 308 g/mol. The molecular formula is C9H8F8O3. The van der Waals surface area contributed by atoms with E-state index in [1.54, 1.807) is 0 Å². The van der Waals surface area contributed by atoms with Gasteiger partial charge in [0.2, 0.25) is 0 Å². The second-order valence-electron chi connectivity index (χ2n) is 4.25. The first-order valence-corrected chi connectivity index (χ1v) is 5.07. The van der Waals surface area contributed by atoms with E-state index >= 15 is 0 Å². The zero-order valence-corrected chi connectivity index (χ0v) is 9.74.